The Labute approximate surface area is 151 Å². The van der Waals surface area contributed by atoms with E-state index in [1.165, 1.54) is 22.2 Å². The maximum Gasteiger partial charge on any atom is 0.262 e. The second-order valence-corrected chi connectivity index (χ2v) is 7.78. The molecule has 25 heavy (non-hydrogen) atoms. The van der Waals surface area contributed by atoms with Crippen LogP contribution in [0.15, 0.2) is 11.1 Å². The van der Waals surface area contributed by atoms with Crippen molar-refractivity contribution in [2.75, 3.05) is 13.2 Å². The number of hydrogen-bond acceptors (Lipinski definition) is 5. The monoisotopic (exact) mass is 363 g/mol. The van der Waals surface area contributed by atoms with Gasteiger partial charge >= 0.3 is 0 Å². The Hall–Kier alpha value is -1.73. The lowest BCUT2D eigenvalue weighted by Crippen LogP contribution is -2.33. The van der Waals surface area contributed by atoms with Crippen LogP contribution in [0.2, 0.25) is 0 Å². The van der Waals surface area contributed by atoms with Crippen molar-refractivity contribution < 1.29 is 9.53 Å². The van der Waals surface area contributed by atoms with Crippen molar-refractivity contribution in [2.24, 2.45) is 0 Å². The summed E-state index contributed by atoms with van der Waals surface area (Å²) < 4.78 is 6.86. The average molecular weight is 363 g/mol. The van der Waals surface area contributed by atoms with Crippen LogP contribution in [0.1, 0.15) is 43.6 Å². The highest BCUT2D eigenvalue weighted by Crippen LogP contribution is 2.33. The van der Waals surface area contributed by atoms with E-state index in [0.29, 0.717) is 13.2 Å². The minimum absolute atomic E-state index is 0.0113. The fourth-order valence-electron chi connectivity index (χ4n) is 3.12. The van der Waals surface area contributed by atoms with Crippen LogP contribution in [0.5, 0.6) is 0 Å². The van der Waals surface area contributed by atoms with Gasteiger partial charge in [-0.1, -0.05) is 0 Å². The molecule has 3 rings (SSSR count). The number of nitrogens with zero attached hydrogens (tertiary/aromatic N) is 2. The Morgan fingerprint density at radius 1 is 1.40 bits per heavy atom. The van der Waals surface area contributed by atoms with E-state index in [9.17, 15) is 9.59 Å². The van der Waals surface area contributed by atoms with Gasteiger partial charge in [-0.15, -0.1) is 11.3 Å². The van der Waals surface area contributed by atoms with Gasteiger partial charge in [-0.3, -0.25) is 14.2 Å². The van der Waals surface area contributed by atoms with Crippen molar-refractivity contribution in [1.29, 1.82) is 0 Å². The van der Waals surface area contributed by atoms with Crippen molar-refractivity contribution in [2.45, 2.75) is 58.6 Å². The number of carbonyl (C=O) groups is 1. The first kappa shape index (κ1) is 18.1. The Balaban J connectivity index is 1.64. The zero-order valence-electron chi connectivity index (χ0n) is 14.8. The molecule has 2 aromatic rings. The molecule has 0 saturated carbocycles. The molecule has 7 heteroatoms. The zero-order chi connectivity index (χ0) is 17.8. The standard InChI is InChI=1S/C18H25N3O3S/c1-12(2)24-9-5-8-19-15(22)10-21-11-20-17-16(18(21)23)13-6-3-4-7-14(13)25-17/h11-12H,3-10H2,1-2H3,(H,19,22). The number of ether oxygens (including phenoxy) is 1. The van der Waals surface area contributed by atoms with Crippen LogP contribution in [0.25, 0.3) is 10.2 Å². The van der Waals surface area contributed by atoms with Crippen LogP contribution in [0, 0.1) is 0 Å². The van der Waals surface area contributed by atoms with Gasteiger partial charge in [0.1, 0.15) is 11.4 Å². The number of carbonyl (C=O) groups excluding carboxylic acids is 1. The summed E-state index contributed by atoms with van der Waals surface area (Å²) in [5.41, 5.74) is 1.06. The van der Waals surface area contributed by atoms with E-state index in [1.807, 2.05) is 13.8 Å². The molecule has 2 heterocycles. The van der Waals surface area contributed by atoms with Gasteiger partial charge in [-0.05, 0) is 51.5 Å². The number of rotatable bonds is 7. The van der Waals surface area contributed by atoms with Crippen molar-refractivity contribution in [3.05, 3.63) is 27.1 Å². The van der Waals surface area contributed by atoms with Crippen LogP contribution >= 0.6 is 11.3 Å². The molecule has 1 N–H and O–H groups in total. The van der Waals surface area contributed by atoms with E-state index in [2.05, 4.69) is 10.3 Å². The summed E-state index contributed by atoms with van der Waals surface area (Å²) in [6.45, 7) is 5.14. The minimum atomic E-state index is -0.170. The summed E-state index contributed by atoms with van der Waals surface area (Å²) in [6, 6.07) is 0. The number of fused-ring (bicyclic) bond motifs is 3. The van der Waals surface area contributed by atoms with Gasteiger partial charge < -0.3 is 10.1 Å². The molecule has 0 aromatic carbocycles. The molecule has 0 unspecified atom stereocenters. The Morgan fingerprint density at radius 2 is 2.20 bits per heavy atom. The van der Waals surface area contributed by atoms with Crippen molar-refractivity contribution in [1.82, 2.24) is 14.9 Å². The van der Waals surface area contributed by atoms with Crippen molar-refractivity contribution in [3.8, 4) is 0 Å². The lowest BCUT2D eigenvalue weighted by atomic mass is 9.97. The molecule has 1 aliphatic rings. The van der Waals surface area contributed by atoms with E-state index in [0.717, 1.165) is 41.5 Å². The molecule has 0 aliphatic heterocycles. The third kappa shape index (κ3) is 4.27. The summed E-state index contributed by atoms with van der Waals surface area (Å²) in [6.07, 6.45) is 6.72. The topological polar surface area (TPSA) is 73.2 Å². The second-order valence-electron chi connectivity index (χ2n) is 6.69. The third-order valence-corrected chi connectivity index (χ3v) is 5.55. The smallest absolute Gasteiger partial charge is 0.262 e. The molecule has 0 saturated heterocycles. The number of aryl methyl sites for hydroxylation is 2. The number of hydrogen-bond donors (Lipinski definition) is 1. The van der Waals surface area contributed by atoms with Crippen molar-refractivity contribution in [3.63, 3.8) is 0 Å². The maximum atomic E-state index is 12.8. The maximum absolute atomic E-state index is 12.8. The molecule has 6 nitrogen and oxygen atoms in total. The Bertz CT molecular complexity index is 810. The zero-order valence-corrected chi connectivity index (χ0v) is 15.7. The first-order valence-corrected chi connectivity index (χ1v) is 9.76. The minimum Gasteiger partial charge on any atom is -0.379 e. The summed E-state index contributed by atoms with van der Waals surface area (Å²) in [4.78, 5) is 31.4. The Morgan fingerprint density at radius 3 is 3.00 bits per heavy atom. The van der Waals surface area contributed by atoms with Gasteiger partial charge in [-0.2, -0.15) is 0 Å². The molecule has 0 atom stereocenters. The van der Waals surface area contributed by atoms with Crippen LogP contribution in [0.4, 0.5) is 0 Å². The van der Waals surface area contributed by atoms with Gasteiger partial charge in [-0.25, -0.2) is 4.98 Å². The molecule has 1 amide bonds. The van der Waals surface area contributed by atoms with Crippen molar-refractivity contribution >= 4 is 27.5 Å². The predicted molar refractivity (Wildman–Crippen MR) is 99.2 cm³/mol. The molecular weight excluding hydrogens is 338 g/mol. The molecule has 0 radical (unpaired) electrons. The lowest BCUT2D eigenvalue weighted by molar-refractivity contribution is -0.121. The normalized spacial score (nSPS) is 14.0. The highest BCUT2D eigenvalue weighted by molar-refractivity contribution is 7.18. The molecule has 2 aromatic heterocycles. The summed E-state index contributed by atoms with van der Waals surface area (Å²) in [5.74, 6) is -0.170. The number of amides is 1. The van der Waals surface area contributed by atoms with E-state index < -0.39 is 0 Å². The van der Waals surface area contributed by atoms with E-state index in [-0.39, 0.29) is 24.1 Å². The molecule has 136 valence electrons. The summed E-state index contributed by atoms with van der Waals surface area (Å²) in [7, 11) is 0. The fraction of sp³-hybridized carbons (Fsp3) is 0.611. The molecule has 0 bridgehead atoms. The molecule has 1 aliphatic carbocycles. The number of nitrogens with one attached hydrogen (secondary N) is 1. The summed E-state index contributed by atoms with van der Waals surface area (Å²) >= 11 is 1.62. The molecule has 0 spiro atoms. The first-order chi connectivity index (χ1) is 12.1. The third-order valence-electron chi connectivity index (χ3n) is 4.35. The van der Waals surface area contributed by atoms with Crippen LogP contribution < -0.4 is 10.9 Å². The predicted octanol–water partition coefficient (Wildman–Crippen LogP) is 2.27. The molecular formula is C18H25N3O3S. The highest BCUT2D eigenvalue weighted by atomic mass is 32.1. The second kappa shape index (κ2) is 8.10. The van der Waals surface area contributed by atoms with E-state index in [1.54, 1.807) is 11.3 Å². The van der Waals surface area contributed by atoms with Gasteiger partial charge in [0.05, 0.1) is 17.8 Å². The highest BCUT2D eigenvalue weighted by Gasteiger charge is 2.20. The van der Waals surface area contributed by atoms with Gasteiger partial charge in [0.25, 0.3) is 5.56 Å². The lowest BCUT2D eigenvalue weighted by Gasteiger charge is -2.11. The van der Waals surface area contributed by atoms with Crippen LogP contribution in [0.3, 0.4) is 0 Å². The van der Waals surface area contributed by atoms with Gasteiger partial charge in [0.15, 0.2) is 0 Å². The Kier molecular flexibility index (Phi) is 5.86. The first-order valence-electron chi connectivity index (χ1n) is 8.94. The van der Waals surface area contributed by atoms with E-state index >= 15 is 0 Å². The SMILES string of the molecule is CC(C)OCCCNC(=O)Cn1cnc2sc3c(c2c1=O)CCCC3. The van der Waals surface area contributed by atoms with Crippen LogP contribution in [-0.2, 0) is 28.9 Å². The number of aromatic nitrogens is 2. The quantitative estimate of drug-likeness (QED) is 0.766. The largest absolute Gasteiger partial charge is 0.379 e. The average Bonchev–Trinajstić information content (AvgIpc) is 2.96. The number of thiophene rings is 1. The fourth-order valence-corrected chi connectivity index (χ4v) is 4.34. The van der Waals surface area contributed by atoms with Gasteiger partial charge in [0.2, 0.25) is 5.91 Å². The molecule has 0 fully saturated rings. The summed E-state index contributed by atoms with van der Waals surface area (Å²) in [5, 5.41) is 3.56. The van der Waals surface area contributed by atoms with E-state index in [4.69, 9.17) is 4.74 Å². The van der Waals surface area contributed by atoms with Crippen LogP contribution in [-0.4, -0.2) is 34.7 Å². The van der Waals surface area contributed by atoms with Gasteiger partial charge in [0, 0.05) is 18.0 Å².